The van der Waals surface area contributed by atoms with Crippen LogP contribution in [0, 0.1) is 0 Å². The Kier molecular flexibility index (Phi) is 4.94. The average molecular weight is 439 g/mol. The van der Waals surface area contributed by atoms with Gasteiger partial charge in [0.05, 0.1) is 32.2 Å². The molecule has 3 heterocycles. The lowest BCUT2D eigenvalue weighted by Gasteiger charge is -2.11. The number of halogens is 2. The summed E-state index contributed by atoms with van der Waals surface area (Å²) >= 11 is 14.7. The molecule has 27 heavy (non-hydrogen) atoms. The van der Waals surface area contributed by atoms with Crippen molar-refractivity contribution < 1.29 is 5.11 Å². The van der Waals surface area contributed by atoms with Gasteiger partial charge in [0, 0.05) is 6.04 Å². The van der Waals surface area contributed by atoms with Crippen LogP contribution in [-0.4, -0.2) is 34.8 Å². The monoisotopic (exact) mass is 438 g/mol. The topological polar surface area (TPSA) is 89.6 Å². The molecule has 0 aliphatic heterocycles. The van der Waals surface area contributed by atoms with Gasteiger partial charge in [-0.25, -0.2) is 15.0 Å². The van der Waals surface area contributed by atoms with Crippen molar-refractivity contribution in [1.29, 1.82) is 0 Å². The fraction of sp³-hybridized carbons (Fsp3) is 0.188. The summed E-state index contributed by atoms with van der Waals surface area (Å²) < 4.78 is 1.94. The fourth-order valence-electron chi connectivity index (χ4n) is 2.39. The molecular weight excluding hydrogens is 427 g/mol. The minimum absolute atomic E-state index is 0.0395. The molecule has 0 amide bonds. The molecule has 0 radical (unpaired) electrons. The van der Waals surface area contributed by atoms with Gasteiger partial charge in [0.1, 0.15) is 17.0 Å². The molecule has 0 atom stereocenters. The van der Waals surface area contributed by atoms with Gasteiger partial charge in [0.15, 0.2) is 5.16 Å². The summed E-state index contributed by atoms with van der Waals surface area (Å²) in [6.45, 7) is 4.09. The summed E-state index contributed by atoms with van der Waals surface area (Å²) in [4.78, 5) is 14.0. The minimum Gasteiger partial charge on any atom is -0.486 e. The third-order valence-corrected chi connectivity index (χ3v) is 6.17. The SMILES string of the molecule is CC(C)n1cnnc1Sc1nc2cc(Cl)c(Cl)cc2nc1-c1cnc(O)s1. The van der Waals surface area contributed by atoms with E-state index in [1.54, 1.807) is 24.7 Å². The van der Waals surface area contributed by atoms with Gasteiger partial charge < -0.3 is 9.67 Å². The largest absolute Gasteiger partial charge is 0.486 e. The Bertz CT molecular complexity index is 1140. The molecule has 11 heteroatoms. The summed E-state index contributed by atoms with van der Waals surface area (Å²) in [7, 11) is 0. The van der Waals surface area contributed by atoms with E-state index in [1.165, 1.54) is 11.8 Å². The van der Waals surface area contributed by atoms with E-state index in [0.29, 0.717) is 41.8 Å². The van der Waals surface area contributed by atoms with Gasteiger partial charge in [-0.05, 0) is 37.7 Å². The number of fused-ring (bicyclic) bond motifs is 1. The van der Waals surface area contributed by atoms with E-state index in [4.69, 9.17) is 33.2 Å². The number of rotatable bonds is 4. The molecule has 0 saturated heterocycles. The number of benzene rings is 1. The zero-order valence-corrected chi connectivity index (χ0v) is 17.2. The van der Waals surface area contributed by atoms with Crippen molar-refractivity contribution in [2.24, 2.45) is 0 Å². The molecule has 0 saturated carbocycles. The molecule has 0 fully saturated rings. The number of hydrogen-bond acceptors (Lipinski definition) is 8. The van der Waals surface area contributed by atoms with Gasteiger partial charge >= 0.3 is 0 Å². The second-order valence-electron chi connectivity index (χ2n) is 5.86. The van der Waals surface area contributed by atoms with Gasteiger partial charge in [0.2, 0.25) is 0 Å². The first-order valence-electron chi connectivity index (χ1n) is 7.81. The molecule has 0 aliphatic rings. The van der Waals surface area contributed by atoms with Gasteiger partial charge in [-0.15, -0.1) is 10.2 Å². The molecule has 1 N–H and O–H groups in total. The van der Waals surface area contributed by atoms with E-state index in [1.807, 2.05) is 18.4 Å². The summed E-state index contributed by atoms with van der Waals surface area (Å²) in [6.07, 6.45) is 3.24. The van der Waals surface area contributed by atoms with Crippen molar-refractivity contribution in [3.63, 3.8) is 0 Å². The normalized spacial score (nSPS) is 11.6. The van der Waals surface area contributed by atoms with Crippen molar-refractivity contribution in [3.8, 4) is 15.8 Å². The Morgan fingerprint density at radius 3 is 2.48 bits per heavy atom. The highest BCUT2D eigenvalue weighted by Crippen LogP contribution is 2.39. The maximum Gasteiger partial charge on any atom is 0.271 e. The van der Waals surface area contributed by atoms with Crippen molar-refractivity contribution in [2.75, 3.05) is 0 Å². The maximum absolute atomic E-state index is 9.66. The molecule has 1 aromatic carbocycles. The average Bonchev–Trinajstić information content (AvgIpc) is 3.25. The number of nitrogens with zero attached hydrogens (tertiary/aromatic N) is 6. The van der Waals surface area contributed by atoms with Crippen LogP contribution in [0.3, 0.4) is 0 Å². The van der Waals surface area contributed by atoms with Crippen molar-refractivity contribution >= 4 is 57.3 Å². The molecule has 0 aliphatic carbocycles. The smallest absolute Gasteiger partial charge is 0.271 e. The Morgan fingerprint density at radius 2 is 1.85 bits per heavy atom. The number of aromatic nitrogens is 6. The van der Waals surface area contributed by atoms with Crippen LogP contribution in [0.25, 0.3) is 21.6 Å². The van der Waals surface area contributed by atoms with E-state index >= 15 is 0 Å². The van der Waals surface area contributed by atoms with Gasteiger partial charge in [-0.3, -0.25) is 0 Å². The second-order valence-corrected chi connectivity index (χ2v) is 8.64. The van der Waals surface area contributed by atoms with E-state index in [0.717, 1.165) is 11.3 Å². The molecule has 4 aromatic rings. The maximum atomic E-state index is 9.66. The predicted octanol–water partition coefficient (Wildman–Crippen LogP) is 5.09. The van der Waals surface area contributed by atoms with Crippen LogP contribution < -0.4 is 0 Å². The van der Waals surface area contributed by atoms with Gasteiger partial charge in [-0.2, -0.15) is 0 Å². The second kappa shape index (κ2) is 7.23. The Labute approximate surface area is 172 Å². The standard InChI is InChI=1S/C16H12Cl2N6OS2/c1-7(2)24-6-20-23-15(24)27-14-13(12-5-19-16(25)26-12)21-10-3-8(17)9(18)4-11(10)22-14/h3-7H,1-2H3,(H,19,25). The molecular formula is C16H12Cl2N6OS2. The quantitative estimate of drug-likeness (QED) is 0.474. The van der Waals surface area contributed by atoms with Crippen LogP contribution in [0.2, 0.25) is 10.0 Å². The van der Waals surface area contributed by atoms with E-state index < -0.39 is 0 Å². The highest BCUT2D eigenvalue weighted by atomic mass is 35.5. The van der Waals surface area contributed by atoms with Crippen molar-refractivity contribution in [1.82, 2.24) is 29.7 Å². The number of hydrogen-bond donors (Lipinski definition) is 1. The molecule has 0 bridgehead atoms. The predicted molar refractivity (Wildman–Crippen MR) is 107 cm³/mol. The fourth-order valence-corrected chi connectivity index (χ4v) is 4.43. The zero-order valence-electron chi connectivity index (χ0n) is 14.1. The third-order valence-electron chi connectivity index (χ3n) is 3.69. The molecule has 4 rings (SSSR count). The van der Waals surface area contributed by atoms with Crippen LogP contribution in [-0.2, 0) is 0 Å². The Morgan fingerprint density at radius 1 is 1.15 bits per heavy atom. The highest BCUT2D eigenvalue weighted by molar-refractivity contribution is 7.99. The first-order valence-corrected chi connectivity index (χ1v) is 10.2. The van der Waals surface area contributed by atoms with Crippen LogP contribution in [0.5, 0.6) is 5.19 Å². The van der Waals surface area contributed by atoms with Crippen LogP contribution in [0.4, 0.5) is 0 Å². The molecule has 0 spiro atoms. The summed E-state index contributed by atoms with van der Waals surface area (Å²) in [6, 6.07) is 3.54. The Hall–Kier alpha value is -1.94. The summed E-state index contributed by atoms with van der Waals surface area (Å²) in [5, 5.41) is 19.9. The minimum atomic E-state index is -0.0395. The lowest BCUT2D eigenvalue weighted by atomic mass is 10.3. The summed E-state index contributed by atoms with van der Waals surface area (Å²) in [5.74, 6) is 0. The lowest BCUT2D eigenvalue weighted by molar-refractivity contribution is 0.471. The molecule has 0 unspecified atom stereocenters. The number of aromatic hydroxyl groups is 1. The van der Waals surface area contributed by atoms with E-state index in [-0.39, 0.29) is 11.2 Å². The molecule has 138 valence electrons. The number of thiazole rings is 1. The van der Waals surface area contributed by atoms with Crippen LogP contribution >= 0.6 is 46.3 Å². The van der Waals surface area contributed by atoms with Crippen LogP contribution in [0.15, 0.2) is 34.8 Å². The first kappa shape index (κ1) is 18.4. The summed E-state index contributed by atoms with van der Waals surface area (Å²) in [5.41, 5.74) is 1.80. The van der Waals surface area contributed by atoms with Crippen molar-refractivity contribution in [2.45, 2.75) is 30.1 Å². The zero-order chi connectivity index (χ0) is 19.1. The van der Waals surface area contributed by atoms with Gasteiger partial charge in [0.25, 0.3) is 5.19 Å². The lowest BCUT2D eigenvalue weighted by Crippen LogP contribution is -2.02. The van der Waals surface area contributed by atoms with Crippen LogP contribution in [0.1, 0.15) is 19.9 Å². The third kappa shape index (κ3) is 3.60. The van der Waals surface area contributed by atoms with E-state index in [2.05, 4.69) is 15.2 Å². The molecule has 7 nitrogen and oxygen atoms in total. The first-order chi connectivity index (χ1) is 12.9. The highest BCUT2D eigenvalue weighted by Gasteiger charge is 2.19. The molecule has 3 aromatic heterocycles. The Balaban J connectivity index is 1.90. The van der Waals surface area contributed by atoms with Crippen molar-refractivity contribution in [3.05, 3.63) is 34.7 Å². The van der Waals surface area contributed by atoms with Gasteiger partial charge in [-0.1, -0.05) is 34.5 Å². The van der Waals surface area contributed by atoms with E-state index in [9.17, 15) is 5.11 Å².